The molecule has 2 heterocycles. The molecule has 0 unspecified atom stereocenters. The summed E-state index contributed by atoms with van der Waals surface area (Å²) >= 11 is 0. The van der Waals surface area contributed by atoms with Gasteiger partial charge in [-0.05, 0) is 73.9 Å². The minimum Gasteiger partial charge on any atom is -0.481 e. The van der Waals surface area contributed by atoms with Crippen molar-refractivity contribution in [3.05, 3.63) is 105 Å². The van der Waals surface area contributed by atoms with Gasteiger partial charge in [-0.3, -0.25) is 14.2 Å². The Morgan fingerprint density at radius 2 is 1.95 bits per heavy atom. The number of fused-ring (bicyclic) bond motifs is 1. The zero-order valence-electron chi connectivity index (χ0n) is 21.2. The minimum absolute atomic E-state index is 0.0222. The first-order valence-electron chi connectivity index (χ1n) is 12.6. The van der Waals surface area contributed by atoms with Crippen LogP contribution in [0.4, 0.5) is 4.39 Å². The van der Waals surface area contributed by atoms with Gasteiger partial charge in [0.05, 0.1) is 33.9 Å². The van der Waals surface area contributed by atoms with E-state index in [9.17, 15) is 19.2 Å². The van der Waals surface area contributed by atoms with E-state index in [1.165, 1.54) is 28.8 Å². The van der Waals surface area contributed by atoms with Crippen molar-refractivity contribution in [1.82, 2.24) is 9.55 Å². The SMILES string of the molecule is C[C@@]1(c2cccc(C#N)c2)CC(c2ccc3c(=O)n(-c4ccc(F)cc4)c(CCCCC(=O)O)nc3c2)=NO1. The number of carbonyl (C=O) groups is 1. The van der Waals surface area contributed by atoms with Crippen LogP contribution in [0.15, 0.2) is 76.7 Å². The topological polar surface area (TPSA) is 118 Å². The van der Waals surface area contributed by atoms with Gasteiger partial charge in [0, 0.05) is 24.8 Å². The van der Waals surface area contributed by atoms with Gasteiger partial charge in [0.1, 0.15) is 11.6 Å². The van der Waals surface area contributed by atoms with Crippen LogP contribution in [-0.2, 0) is 21.7 Å². The van der Waals surface area contributed by atoms with E-state index >= 15 is 0 Å². The molecule has 39 heavy (non-hydrogen) atoms. The summed E-state index contributed by atoms with van der Waals surface area (Å²) < 4.78 is 15.0. The number of aliphatic carboxylic acids is 1. The first kappa shape index (κ1) is 25.8. The number of benzene rings is 3. The van der Waals surface area contributed by atoms with E-state index in [0.29, 0.717) is 59.4 Å². The smallest absolute Gasteiger partial charge is 0.303 e. The molecule has 0 fully saturated rings. The quantitative estimate of drug-likeness (QED) is 0.315. The Morgan fingerprint density at radius 1 is 1.15 bits per heavy atom. The third kappa shape index (κ3) is 5.27. The molecule has 5 rings (SSSR count). The molecule has 1 aromatic heterocycles. The first-order valence-corrected chi connectivity index (χ1v) is 12.6. The van der Waals surface area contributed by atoms with Crippen LogP contribution in [-0.4, -0.2) is 26.3 Å². The van der Waals surface area contributed by atoms with Crippen LogP contribution in [0.25, 0.3) is 16.6 Å². The number of unbranched alkanes of at least 4 members (excludes halogenated alkanes) is 1. The van der Waals surface area contributed by atoms with Gasteiger partial charge in [-0.25, -0.2) is 9.37 Å². The maximum absolute atomic E-state index is 13.6. The number of hydrogen-bond acceptors (Lipinski definition) is 6. The molecule has 1 aliphatic heterocycles. The zero-order chi connectivity index (χ0) is 27.6. The van der Waals surface area contributed by atoms with E-state index in [-0.39, 0.29) is 12.0 Å². The van der Waals surface area contributed by atoms with E-state index in [4.69, 9.17) is 14.9 Å². The number of nitriles is 1. The van der Waals surface area contributed by atoms with Crippen molar-refractivity contribution >= 4 is 22.6 Å². The molecule has 1 N–H and O–H groups in total. The van der Waals surface area contributed by atoms with Crippen LogP contribution in [0.1, 0.15) is 55.1 Å². The van der Waals surface area contributed by atoms with E-state index < -0.39 is 17.4 Å². The predicted octanol–water partition coefficient (Wildman–Crippen LogP) is 5.23. The number of halogens is 1. The van der Waals surface area contributed by atoms with Crippen molar-refractivity contribution in [2.45, 2.75) is 44.6 Å². The molecule has 1 atom stereocenters. The largest absolute Gasteiger partial charge is 0.481 e. The predicted molar refractivity (Wildman–Crippen MR) is 143 cm³/mol. The van der Waals surface area contributed by atoms with Crippen LogP contribution < -0.4 is 5.56 Å². The maximum atomic E-state index is 13.6. The molecule has 3 aromatic carbocycles. The molecule has 1 aliphatic rings. The van der Waals surface area contributed by atoms with E-state index in [1.807, 2.05) is 19.1 Å². The Kier molecular flexibility index (Phi) is 6.94. The standard InChI is InChI=1S/C30H25FN4O4/c1-30(21-6-4-5-19(15-21)18-32)17-26(34-39-30)20-9-14-24-25(16-20)33-27(7-2-3-8-28(36)37)35(29(24)38)23-12-10-22(31)11-13-23/h4-6,9-16H,2-3,7-8,17H2,1H3,(H,36,37)/t30-/m0/s1. The lowest BCUT2D eigenvalue weighted by molar-refractivity contribution is -0.137. The fraction of sp³-hybridized carbons (Fsp3) is 0.233. The molecule has 0 saturated carbocycles. The summed E-state index contributed by atoms with van der Waals surface area (Å²) in [5.74, 6) is -0.837. The lowest BCUT2D eigenvalue weighted by atomic mass is 9.88. The van der Waals surface area contributed by atoms with Crippen LogP contribution in [0, 0.1) is 17.1 Å². The van der Waals surface area contributed by atoms with Gasteiger partial charge >= 0.3 is 5.97 Å². The highest BCUT2D eigenvalue weighted by atomic mass is 19.1. The summed E-state index contributed by atoms with van der Waals surface area (Å²) in [5.41, 5.74) is 2.74. The van der Waals surface area contributed by atoms with Crippen molar-refractivity contribution < 1.29 is 19.1 Å². The number of hydrogen-bond donors (Lipinski definition) is 1. The van der Waals surface area contributed by atoms with Crippen molar-refractivity contribution in [2.24, 2.45) is 5.16 Å². The lowest BCUT2D eigenvalue weighted by Gasteiger charge is -2.22. The number of rotatable bonds is 8. The molecule has 196 valence electrons. The molecule has 0 amide bonds. The molecule has 8 nitrogen and oxygen atoms in total. The molecule has 0 aliphatic carbocycles. The van der Waals surface area contributed by atoms with Gasteiger partial charge in [0.2, 0.25) is 0 Å². The van der Waals surface area contributed by atoms with Crippen molar-refractivity contribution in [2.75, 3.05) is 0 Å². The molecule has 0 bridgehead atoms. The number of carboxylic acid groups (broad SMARTS) is 1. The highest BCUT2D eigenvalue weighted by Crippen LogP contribution is 2.36. The average molecular weight is 525 g/mol. The Bertz CT molecular complexity index is 1710. The monoisotopic (exact) mass is 524 g/mol. The normalized spacial score (nSPS) is 16.5. The van der Waals surface area contributed by atoms with Crippen molar-refractivity contribution in [1.29, 1.82) is 5.26 Å². The summed E-state index contributed by atoms with van der Waals surface area (Å²) in [6.07, 6.45) is 1.81. The number of aromatic nitrogens is 2. The Morgan fingerprint density at radius 3 is 2.69 bits per heavy atom. The number of oxime groups is 1. The Hall–Kier alpha value is -4.84. The molecule has 0 radical (unpaired) electrons. The number of nitrogens with zero attached hydrogens (tertiary/aromatic N) is 4. The summed E-state index contributed by atoms with van der Waals surface area (Å²) in [7, 11) is 0. The first-order chi connectivity index (χ1) is 18.8. The molecular formula is C30H25FN4O4. The van der Waals surface area contributed by atoms with Gasteiger partial charge < -0.3 is 9.94 Å². The van der Waals surface area contributed by atoms with Gasteiger partial charge in [-0.15, -0.1) is 0 Å². The molecular weight excluding hydrogens is 499 g/mol. The maximum Gasteiger partial charge on any atom is 0.303 e. The van der Waals surface area contributed by atoms with Gasteiger partial charge in [0.25, 0.3) is 5.56 Å². The summed E-state index contributed by atoms with van der Waals surface area (Å²) in [6.45, 7) is 1.91. The van der Waals surface area contributed by atoms with E-state index in [1.54, 1.807) is 30.3 Å². The highest BCUT2D eigenvalue weighted by Gasteiger charge is 2.37. The van der Waals surface area contributed by atoms with E-state index in [2.05, 4.69) is 11.2 Å². The number of aryl methyl sites for hydroxylation is 1. The number of carboxylic acids is 1. The zero-order valence-corrected chi connectivity index (χ0v) is 21.2. The summed E-state index contributed by atoms with van der Waals surface area (Å²) in [5, 5.41) is 23.0. The molecule has 9 heteroatoms. The van der Waals surface area contributed by atoms with Gasteiger partial charge in [-0.2, -0.15) is 5.26 Å². The second-order valence-corrected chi connectivity index (χ2v) is 9.71. The lowest BCUT2D eigenvalue weighted by Crippen LogP contribution is -2.24. The fourth-order valence-electron chi connectivity index (χ4n) is 4.76. The van der Waals surface area contributed by atoms with Crippen LogP contribution in [0.3, 0.4) is 0 Å². The Balaban J connectivity index is 1.51. The highest BCUT2D eigenvalue weighted by molar-refractivity contribution is 6.04. The third-order valence-corrected chi connectivity index (χ3v) is 6.86. The summed E-state index contributed by atoms with van der Waals surface area (Å²) in [6, 6.07) is 20.3. The second-order valence-electron chi connectivity index (χ2n) is 9.71. The van der Waals surface area contributed by atoms with Gasteiger partial charge in [0.15, 0.2) is 5.60 Å². The second kappa shape index (κ2) is 10.5. The third-order valence-electron chi connectivity index (χ3n) is 6.86. The van der Waals surface area contributed by atoms with Gasteiger partial charge in [-0.1, -0.05) is 23.4 Å². The fourth-order valence-corrected chi connectivity index (χ4v) is 4.76. The van der Waals surface area contributed by atoms with Crippen LogP contribution in [0.2, 0.25) is 0 Å². The molecule has 4 aromatic rings. The van der Waals surface area contributed by atoms with Crippen molar-refractivity contribution in [3.8, 4) is 11.8 Å². The molecule has 0 saturated heterocycles. The van der Waals surface area contributed by atoms with Crippen LogP contribution >= 0.6 is 0 Å². The Labute approximate surface area is 223 Å². The minimum atomic E-state index is -0.882. The average Bonchev–Trinajstić information content (AvgIpc) is 3.35. The summed E-state index contributed by atoms with van der Waals surface area (Å²) in [4.78, 5) is 35.2. The van der Waals surface area contributed by atoms with E-state index in [0.717, 1.165) is 11.1 Å². The van der Waals surface area contributed by atoms with Crippen LogP contribution in [0.5, 0.6) is 0 Å². The molecule has 0 spiro atoms. The van der Waals surface area contributed by atoms with Crippen molar-refractivity contribution in [3.63, 3.8) is 0 Å².